The second-order valence-electron chi connectivity index (χ2n) is 5.34. The SMILES string of the molecule is CC(C)CCCCNCC(O)COCc1ccco1. The first kappa shape index (κ1) is 16.2. The van der Waals surface area contributed by atoms with Gasteiger partial charge in [-0.3, -0.25) is 0 Å². The summed E-state index contributed by atoms with van der Waals surface area (Å²) in [6, 6.07) is 3.69. The number of nitrogens with one attached hydrogen (secondary N) is 1. The first-order valence-corrected chi connectivity index (χ1v) is 7.17. The summed E-state index contributed by atoms with van der Waals surface area (Å²) in [5.41, 5.74) is 0. The van der Waals surface area contributed by atoms with Crippen molar-refractivity contribution >= 4 is 0 Å². The van der Waals surface area contributed by atoms with Crippen molar-refractivity contribution in [1.82, 2.24) is 5.32 Å². The summed E-state index contributed by atoms with van der Waals surface area (Å²) in [7, 11) is 0. The maximum Gasteiger partial charge on any atom is 0.129 e. The molecule has 0 aromatic carbocycles. The molecule has 1 rings (SSSR count). The Labute approximate surface area is 116 Å². The molecule has 1 unspecified atom stereocenters. The summed E-state index contributed by atoms with van der Waals surface area (Å²) in [4.78, 5) is 0. The molecule has 1 aromatic rings. The first-order valence-electron chi connectivity index (χ1n) is 7.17. The van der Waals surface area contributed by atoms with E-state index in [1.165, 1.54) is 12.8 Å². The third kappa shape index (κ3) is 8.81. The third-order valence-corrected chi connectivity index (χ3v) is 2.90. The molecule has 1 atom stereocenters. The molecule has 0 radical (unpaired) electrons. The predicted octanol–water partition coefficient (Wildman–Crippen LogP) is 2.57. The highest BCUT2D eigenvalue weighted by atomic mass is 16.5. The fraction of sp³-hybridized carbons (Fsp3) is 0.733. The number of ether oxygens (including phenoxy) is 1. The lowest BCUT2D eigenvalue weighted by molar-refractivity contribution is 0.0227. The van der Waals surface area contributed by atoms with Crippen molar-refractivity contribution in [2.75, 3.05) is 19.7 Å². The molecule has 0 aliphatic heterocycles. The Morgan fingerprint density at radius 1 is 1.37 bits per heavy atom. The van der Waals surface area contributed by atoms with E-state index in [0.29, 0.717) is 19.8 Å². The molecule has 1 aromatic heterocycles. The highest BCUT2D eigenvalue weighted by Crippen LogP contribution is 2.05. The van der Waals surface area contributed by atoms with Gasteiger partial charge in [0.2, 0.25) is 0 Å². The van der Waals surface area contributed by atoms with Crippen LogP contribution in [0.15, 0.2) is 22.8 Å². The van der Waals surface area contributed by atoms with Gasteiger partial charge in [-0.25, -0.2) is 0 Å². The molecule has 0 aliphatic carbocycles. The van der Waals surface area contributed by atoms with Crippen LogP contribution in [0.5, 0.6) is 0 Å². The predicted molar refractivity (Wildman–Crippen MR) is 75.9 cm³/mol. The van der Waals surface area contributed by atoms with Gasteiger partial charge >= 0.3 is 0 Å². The van der Waals surface area contributed by atoms with Crippen LogP contribution in [0.1, 0.15) is 38.9 Å². The number of unbranched alkanes of at least 4 members (excludes halogenated alkanes) is 1. The highest BCUT2D eigenvalue weighted by molar-refractivity contribution is 4.96. The van der Waals surface area contributed by atoms with E-state index >= 15 is 0 Å². The Morgan fingerprint density at radius 3 is 2.89 bits per heavy atom. The zero-order valence-electron chi connectivity index (χ0n) is 12.1. The largest absolute Gasteiger partial charge is 0.467 e. The summed E-state index contributed by atoms with van der Waals surface area (Å²) in [6.45, 7) is 6.78. The summed E-state index contributed by atoms with van der Waals surface area (Å²) < 4.78 is 10.5. The minimum atomic E-state index is -0.458. The lowest BCUT2D eigenvalue weighted by Crippen LogP contribution is -2.31. The van der Waals surface area contributed by atoms with Crippen molar-refractivity contribution in [1.29, 1.82) is 0 Å². The second-order valence-corrected chi connectivity index (χ2v) is 5.34. The van der Waals surface area contributed by atoms with Gasteiger partial charge in [-0.15, -0.1) is 0 Å². The van der Waals surface area contributed by atoms with Gasteiger partial charge < -0.3 is 19.6 Å². The van der Waals surface area contributed by atoms with Gasteiger partial charge in [-0.1, -0.05) is 26.7 Å². The van der Waals surface area contributed by atoms with Gasteiger partial charge in [-0.2, -0.15) is 0 Å². The molecule has 4 nitrogen and oxygen atoms in total. The Hall–Kier alpha value is -0.840. The maximum atomic E-state index is 9.70. The van der Waals surface area contributed by atoms with Gasteiger partial charge in [0, 0.05) is 6.54 Å². The van der Waals surface area contributed by atoms with Gasteiger partial charge in [0.15, 0.2) is 0 Å². The lowest BCUT2D eigenvalue weighted by Gasteiger charge is -2.12. The Morgan fingerprint density at radius 2 is 2.21 bits per heavy atom. The Bertz CT molecular complexity index is 298. The van der Waals surface area contributed by atoms with Crippen molar-refractivity contribution in [3.63, 3.8) is 0 Å². The van der Waals surface area contributed by atoms with Crippen LogP contribution in [-0.4, -0.2) is 30.9 Å². The number of furan rings is 1. The van der Waals surface area contributed by atoms with E-state index in [2.05, 4.69) is 19.2 Å². The van der Waals surface area contributed by atoms with Crippen molar-refractivity contribution < 1.29 is 14.3 Å². The second kappa shape index (κ2) is 10.0. The topological polar surface area (TPSA) is 54.6 Å². The summed E-state index contributed by atoms with van der Waals surface area (Å²) in [6.07, 6.45) is 4.85. The standard InChI is InChI=1S/C15H27NO3/c1-13(2)6-3-4-8-16-10-14(17)11-18-12-15-7-5-9-19-15/h5,7,9,13-14,16-17H,3-4,6,8,10-12H2,1-2H3. The van der Waals surface area contributed by atoms with E-state index in [1.54, 1.807) is 6.26 Å². The molecule has 0 spiro atoms. The molecule has 0 bridgehead atoms. The quantitative estimate of drug-likeness (QED) is 0.606. The van der Waals surface area contributed by atoms with E-state index in [4.69, 9.17) is 9.15 Å². The summed E-state index contributed by atoms with van der Waals surface area (Å²) in [5, 5.41) is 13.0. The first-order chi connectivity index (χ1) is 9.18. The zero-order chi connectivity index (χ0) is 13.9. The van der Waals surface area contributed by atoms with Crippen molar-refractivity contribution in [2.45, 2.75) is 45.8 Å². The maximum absolute atomic E-state index is 9.70. The zero-order valence-corrected chi connectivity index (χ0v) is 12.1. The number of hydrogen-bond donors (Lipinski definition) is 2. The summed E-state index contributed by atoms with van der Waals surface area (Å²) >= 11 is 0. The fourth-order valence-corrected chi connectivity index (χ4v) is 1.82. The van der Waals surface area contributed by atoms with E-state index < -0.39 is 6.10 Å². The van der Waals surface area contributed by atoms with Crippen LogP contribution in [0.3, 0.4) is 0 Å². The molecule has 2 N–H and O–H groups in total. The Balaban J connectivity index is 1.89. The van der Waals surface area contributed by atoms with Crippen molar-refractivity contribution in [2.24, 2.45) is 5.92 Å². The summed E-state index contributed by atoms with van der Waals surface area (Å²) in [5.74, 6) is 1.56. The highest BCUT2D eigenvalue weighted by Gasteiger charge is 2.04. The average Bonchev–Trinajstić information content (AvgIpc) is 2.86. The van der Waals surface area contributed by atoms with Gasteiger partial charge in [0.25, 0.3) is 0 Å². The molecule has 0 amide bonds. The average molecular weight is 269 g/mol. The lowest BCUT2D eigenvalue weighted by atomic mass is 10.1. The van der Waals surface area contributed by atoms with Crippen LogP contribution in [0.4, 0.5) is 0 Å². The van der Waals surface area contributed by atoms with Crippen LogP contribution < -0.4 is 5.32 Å². The Kier molecular flexibility index (Phi) is 8.54. The minimum Gasteiger partial charge on any atom is -0.467 e. The smallest absolute Gasteiger partial charge is 0.129 e. The van der Waals surface area contributed by atoms with Crippen LogP contribution in [0.25, 0.3) is 0 Å². The third-order valence-electron chi connectivity index (χ3n) is 2.90. The van der Waals surface area contributed by atoms with Crippen molar-refractivity contribution in [3.05, 3.63) is 24.2 Å². The minimum absolute atomic E-state index is 0.333. The van der Waals surface area contributed by atoms with Gasteiger partial charge in [-0.05, 0) is 31.0 Å². The molecule has 4 heteroatoms. The molecule has 0 fully saturated rings. The van der Waals surface area contributed by atoms with Crippen LogP contribution in [0.2, 0.25) is 0 Å². The van der Waals surface area contributed by atoms with E-state index in [-0.39, 0.29) is 0 Å². The van der Waals surface area contributed by atoms with Gasteiger partial charge in [0.1, 0.15) is 12.4 Å². The molecular formula is C15H27NO3. The van der Waals surface area contributed by atoms with E-state index in [0.717, 1.165) is 24.6 Å². The van der Waals surface area contributed by atoms with E-state index in [1.807, 2.05) is 12.1 Å². The van der Waals surface area contributed by atoms with Crippen molar-refractivity contribution in [3.8, 4) is 0 Å². The number of rotatable bonds is 11. The molecule has 0 saturated carbocycles. The molecule has 110 valence electrons. The number of aliphatic hydroxyl groups excluding tert-OH is 1. The normalized spacial score (nSPS) is 13.1. The molecule has 0 saturated heterocycles. The number of hydrogen-bond acceptors (Lipinski definition) is 4. The monoisotopic (exact) mass is 269 g/mol. The number of aliphatic hydroxyl groups is 1. The van der Waals surface area contributed by atoms with Crippen LogP contribution in [0, 0.1) is 5.92 Å². The molecule has 0 aliphatic rings. The van der Waals surface area contributed by atoms with Gasteiger partial charge in [0.05, 0.1) is 19.0 Å². The molecule has 1 heterocycles. The fourth-order valence-electron chi connectivity index (χ4n) is 1.82. The molecule has 19 heavy (non-hydrogen) atoms. The van der Waals surface area contributed by atoms with Crippen LogP contribution in [-0.2, 0) is 11.3 Å². The molecular weight excluding hydrogens is 242 g/mol. The van der Waals surface area contributed by atoms with Crippen LogP contribution >= 0.6 is 0 Å². The van der Waals surface area contributed by atoms with E-state index in [9.17, 15) is 5.11 Å².